The predicted octanol–water partition coefficient (Wildman–Crippen LogP) is 2.64. The molecule has 1 saturated carbocycles. The molecule has 0 aromatic carbocycles. The van der Waals surface area contributed by atoms with Gasteiger partial charge in [0.1, 0.15) is 0 Å². The molecule has 1 atom stereocenters. The summed E-state index contributed by atoms with van der Waals surface area (Å²) in [4.78, 5) is 2.63. The fraction of sp³-hybridized carbons (Fsp3) is 0.875. The van der Waals surface area contributed by atoms with Crippen LogP contribution >= 0.6 is 0 Å². The van der Waals surface area contributed by atoms with Gasteiger partial charge in [-0.05, 0) is 25.7 Å². The van der Waals surface area contributed by atoms with Gasteiger partial charge in [0.05, 0.1) is 6.54 Å². The highest BCUT2D eigenvalue weighted by Crippen LogP contribution is 2.32. The van der Waals surface area contributed by atoms with Crippen molar-refractivity contribution in [3.63, 3.8) is 0 Å². The highest BCUT2D eigenvalue weighted by atomic mass is 15.3. The van der Waals surface area contributed by atoms with E-state index in [1.54, 1.807) is 0 Å². The van der Waals surface area contributed by atoms with Crippen LogP contribution in [-0.4, -0.2) is 36.1 Å². The van der Waals surface area contributed by atoms with Crippen LogP contribution in [0.2, 0.25) is 0 Å². The number of hydrogen-bond acceptors (Lipinski definition) is 2. The Bertz CT molecular complexity index is 318. The third-order valence-corrected chi connectivity index (χ3v) is 4.70. The molecule has 0 bridgehead atoms. The summed E-state index contributed by atoms with van der Waals surface area (Å²) >= 11 is 0. The van der Waals surface area contributed by atoms with E-state index in [0.717, 1.165) is 13.1 Å². The molecule has 2 nitrogen and oxygen atoms in total. The maximum atomic E-state index is 3.88. The first-order valence-corrected chi connectivity index (χ1v) is 7.55. The lowest BCUT2D eigenvalue weighted by Crippen LogP contribution is -2.65. The third kappa shape index (κ3) is 3.08. The molecule has 1 aliphatic heterocycles. The van der Waals surface area contributed by atoms with Crippen LogP contribution in [0.15, 0.2) is 0 Å². The van der Waals surface area contributed by atoms with Gasteiger partial charge in [-0.15, -0.1) is 5.92 Å². The lowest BCUT2D eigenvalue weighted by atomic mass is 9.78. The summed E-state index contributed by atoms with van der Waals surface area (Å²) in [6, 6.07) is 0.651. The lowest BCUT2D eigenvalue weighted by molar-refractivity contribution is 0.0465. The standard InChI is InChI=1S/C16H28N2/c1-4-5-11-18-13-16(9-7-6-8-10-16)17-12-15(18)14(2)3/h14-15,17H,6-13H2,1-3H3. The number of nitrogens with zero attached hydrogens (tertiary/aromatic N) is 1. The molecule has 2 aliphatic rings. The first-order valence-electron chi connectivity index (χ1n) is 7.55. The minimum absolute atomic E-state index is 0.402. The summed E-state index contributed by atoms with van der Waals surface area (Å²) in [7, 11) is 0. The van der Waals surface area contributed by atoms with E-state index in [9.17, 15) is 0 Å². The van der Waals surface area contributed by atoms with Gasteiger partial charge in [0.25, 0.3) is 0 Å². The zero-order valence-electron chi connectivity index (χ0n) is 12.3. The van der Waals surface area contributed by atoms with Crippen LogP contribution in [0.25, 0.3) is 0 Å². The maximum absolute atomic E-state index is 3.88. The molecule has 1 heterocycles. The Hall–Kier alpha value is -0.520. The molecule has 1 spiro atoms. The smallest absolute Gasteiger partial charge is 0.0605 e. The van der Waals surface area contributed by atoms with Crippen LogP contribution in [0.5, 0.6) is 0 Å². The lowest BCUT2D eigenvalue weighted by Gasteiger charge is -2.50. The van der Waals surface area contributed by atoms with Crippen LogP contribution in [0.3, 0.4) is 0 Å². The molecule has 0 amide bonds. The zero-order valence-corrected chi connectivity index (χ0v) is 12.3. The maximum Gasteiger partial charge on any atom is 0.0605 e. The molecule has 1 N–H and O–H groups in total. The molecule has 2 rings (SSSR count). The van der Waals surface area contributed by atoms with Crippen LogP contribution in [-0.2, 0) is 0 Å². The topological polar surface area (TPSA) is 15.3 Å². The second-order valence-electron chi connectivity index (χ2n) is 6.37. The zero-order chi connectivity index (χ0) is 13.0. The largest absolute Gasteiger partial charge is 0.308 e. The van der Waals surface area contributed by atoms with Gasteiger partial charge in [-0.1, -0.05) is 39.0 Å². The van der Waals surface area contributed by atoms with Crippen LogP contribution < -0.4 is 5.32 Å². The molecule has 18 heavy (non-hydrogen) atoms. The van der Waals surface area contributed by atoms with E-state index in [1.807, 2.05) is 6.92 Å². The molecule has 0 radical (unpaired) electrons. The van der Waals surface area contributed by atoms with E-state index in [0.29, 0.717) is 17.5 Å². The van der Waals surface area contributed by atoms with Crippen molar-refractivity contribution in [1.29, 1.82) is 0 Å². The van der Waals surface area contributed by atoms with Gasteiger partial charge in [-0.25, -0.2) is 0 Å². The molecule has 2 fully saturated rings. The summed E-state index contributed by atoms with van der Waals surface area (Å²) in [5, 5.41) is 3.88. The molecular weight excluding hydrogens is 220 g/mol. The van der Waals surface area contributed by atoms with Gasteiger partial charge >= 0.3 is 0 Å². The molecule has 0 aromatic heterocycles. The molecule has 0 aromatic rings. The summed E-state index contributed by atoms with van der Waals surface area (Å²) < 4.78 is 0. The fourth-order valence-electron chi connectivity index (χ4n) is 3.59. The average Bonchev–Trinajstić information content (AvgIpc) is 2.37. The average molecular weight is 248 g/mol. The quantitative estimate of drug-likeness (QED) is 0.756. The minimum atomic E-state index is 0.402. The van der Waals surface area contributed by atoms with E-state index in [-0.39, 0.29) is 0 Å². The van der Waals surface area contributed by atoms with Crippen molar-refractivity contribution in [3.05, 3.63) is 0 Å². The van der Waals surface area contributed by atoms with Crippen LogP contribution in [0.1, 0.15) is 52.9 Å². The van der Waals surface area contributed by atoms with E-state index >= 15 is 0 Å². The molecule has 2 heteroatoms. The number of rotatable bonds is 2. The molecule has 102 valence electrons. The summed E-state index contributed by atoms with van der Waals surface area (Å²) in [6.45, 7) is 9.90. The van der Waals surface area contributed by atoms with Crippen LogP contribution in [0.4, 0.5) is 0 Å². The first-order chi connectivity index (χ1) is 8.67. The second-order valence-corrected chi connectivity index (χ2v) is 6.37. The van der Waals surface area contributed by atoms with Crippen molar-refractivity contribution in [2.45, 2.75) is 64.5 Å². The van der Waals surface area contributed by atoms with Crippen molar-refractivity contribution in [2.75, 3.05) is 19.6 Å². The van der Waals surface area contributed by atoms with Gasteiger partial charge < -0.3 is 5.32 Å². The van der Waals surface area contributed by atoms with E-state index in [2.05, 4.69) is 35.9 Å². The SMILES string of the molecule is CC#CCN1CC2(CCCCC2)NCC1C(C)C. The van der Waals surface area contributed by atoms with Crippen molar-refractivity contribution < 1.29 is 0 Å². The van der Waals surface area contributed by atoms with Gasteiger partial charge in [0.15, 0.2) is 0 Å². The fourth-order valence-corrected chi connectivity index (χ4v) is 3.59. The summed E-state index contributed by atoms with van der Waals surface area (Å²) in [5.41, 5.74) is 0.402. The van der Waals surface area contributed by atoms with Crippen molar-refractivity contribution in [1.82, 2.24) is 10.2 Å². The van der Waals surface area contributed by atoms with Crippen molar-refractivity contribution in [2.24, 2.45) is 5.92 Å². The van der Waals surface area contributed by atoms with Crippen molar-refractivity contribution in [3.8, 4) is 11.8 Å². The first kappa shape index (κ1) is 13.9. The normalized spacial score (nSPS) is 28.1. The van der Waals surface area contributed by atoms with Gasteiger partial charge in [0, 0.05) is 24.7 Å². The molecule has 1 unspecified atom stereocenters. The van der Waals surface area contributed by atoms with E-state index in [4.69, 9.17) is 0 Å². The second kappa shape index (κ2) is 6.08. The Morgan fingerprint density at radius 2 is 2.00 bits per heavy atom. The summed E-state index contributed by atoms with van der Waals surface area (Å²) in [5.74, 6) is 7.03. The minimum Gasteiger partial charge on any atom is -0.308 e. The van der Waals surface area contributed by atoms with E-state index < -0.39 is 0 Å². The Kier molecular flexibility index (Phi) is 4.70. The van der Waals surface area contributed by atoms with Gasteiger partial charge in [-0.2, -0.15) is 0 Å². The monoisotopic (exact) mass is 248 g/mol. The molecular formula is C16H28N2. The molecule has 1 saturated heterocycles. The molecule has 1 aliphatic carbocycles. The summed E-state index contributed by atoms with van der Waals surface area (Å²) in [6.07, 6.45) is 6.92. The Balaban J connectivity index is 2.05. The van der Waals surface area contributed by atoms with Gasteiger partial charge in [0.2, 0.25) is 0 Å². The van der Waals surface area contributed by atoms with Gasteiger partial charge in [-0.3, -0.25) is 4.90 Å². The highest BCUT2D eigenvalue weighted by Gasteiger charge is 2.40. The van der Waals surface area contributed by atoms with E-state index in [1.165, 1.54) is 38.6 Å². The number of piperazine rings is 1. The Morgan fingerprint density at radius 1 is 1.28 bits per heavy atom. The predicted molar refractivity (Wildman–Crippen MR) is 77.5 cm³/mol. The number of hydrogen-bond donors (Lipinski definition) is 1. The van der Waals surface area contributed by atoms with Crippen molar-refractivity contribution >= 4 is 0 Å². The Morgan fingerprint density at radius 3 is 2.61 bits per heavy atom. The highest BCUT2D eigenvalue weighted by molar-refractivity contribution is 5.05. The third-order valence-electron chi connectivity index (χ3n) is 4.70. The van der Waals surface area contributed by atoms with Crippen LogP contribution in [0, 0.1) is 17.8 Å². The Labute approximate surface area is 113 Å². The number of nitrogens with one attached hydrogen (secondary N) is 1.